The maximum absolute atomic E-state index is 13.9. The van der Waals surface area contributed by atoms with Crippen molar-refractivity contribution in [2.24, 2.45) is 0 Å². The van der Waals surface area contributed by atoms with Crippen LogP contribution in [0.15, 0.2) is 59.6 Å². The number of alkyl halides is 3. The Hall–Kier alpha value is -3.25. The van der Waals surface area contributed by atoms with E-state index in [1.807, 2.05) is 0 Å². The van der Waals surface area contributed by atoms with Crippen LogP contribution in [0.5, 0.6) is 0 Å². The molecule has 0 radical (unpaired) electrons. The molecule has 7 nitrogen and oxygen atoms in total. The van der Waals surface area contributed by atoms with Crippen molar-refractivity contribution in [3.05, 3.63) is 77.4 Å². The van der Waals surface area contributed by atoms with E-state index in [0.717, 1.165) is 33.1 Å². The van der Waals surface area contributed by atoms with Crippen LogP contribution >= 0.6 is 0 Å². The molecule has 4 rings (SSSR count). The molecule has 0 aliphatic carbocycles. The van der Waals surface area contributed by atoms with Crippen molar-refractivity contribution in [3.63, 3.8) is 0 Å². The average Bonchev–Trinajstić information content (AvgIpc) is 3.25. The van der Waals surface area contributed by atoms with E-state index in [4.69, 9.17) is 0 Å². The molecule has 0 saturated carbocycles. The van der Waals surface area contributed by atoms with Crippen LogP contribution < -0.4 is 0 Å². The molecule has 180 valence electrons. The summed E-state index contributed by atoms with van der Waals surface area (Å²) >= 11 is 0. The van der Waals surface area contributed by atoms with Crippen molar-refractivity contribution in [3.8, 4) is 5.69 Å². The number of amides is 1. The molecule has 0 atom stereocenters. The van der Waals surface area contributed by atoms with Crippen LogP contribution in [0.2, 0.25) is 0 Å². The van der Waals surface area contributed by atoms with Crippen molar-refractivity contribution in [1.82, 2.24) is 19.0 Å². The first kappa shape index (κ1) is 23.9. The summed E-state index contributed by atoms with van der Waals surface area (Å²) in [6, 6.07) is 10.8. The number of hydrogen-bond acceptors (Lipinski definition) is 4. The van der Waals surface area contributed by atoms with Gasteiger partial charge in [-0.05, 0) is 37.3 Å². The number of hydrogen-bond donors (Lipinski definition) is 0. The zero-order chi connectivity index (χ0) is 24.7. The lowest BCUT2D eigenvalue weighted by Crippen LogP contribution is -2.50. The maximum atomic E-state index is 13.9. The Bertz CT molecular complexity index is 1310. The third-order valence-electron chi connectivity index (χ3n) is 5.51. The lowest BCUT2D eigenvalue weighted by Gasteiger charge is -2.34. The van der Waals surface area contributed by atoms with Gasteiger partial charge in [-0.15, -0.1) is 0 Å². The fraction of sp³-hybridized carbons (Fsp3) is 0.273. The normalized spacial score (nSPS) is 15.5. The van der Waals surface area contributed by atoms with Crippen molar-refractivity contribution in [2.75, 3.05) is 26.2 Å². The van der Waals surface area contributed by atoms with Gasteiger partial charge in [0.15, 0.2) is 5.69 Å². The van der Waals surface area contributed by atoms with Crippen LogP contribution in [0.3, 0.4) is 0 Å². The number of piperazine rings is 1. The molecule has 2 heterocycles. The van der Waals surface area contributed by atoms with Crippen molar-refractivity contribution in [1.29, 1.82) is 0 Å². The number of aryl methyl sites for hydroxylation is 1. The van der Waals surface area contributed by atoms with Gasteiger partial charge in [-0.2, -0.15) is 22.6 Å². The Morgan fingerprint density at radius 3 is 2.24 bits per heavy atom. The highest BCUT2D eigenvalue weighted by Crippen LogP contribution is 2.34. The Balaban J connectivity index is 1.56. The van der Waals surface area contributed by atoms with Gasteiger partial charge < -0.3 is 4.90 Å². The number of halogens is 4. The molecule has 1 fully saturated rings. The molecular weight excluding hydrogens is 476 g/mol. The quantitative estimate of drug-likeness (QED) is 0.519. The van der Waals surface area contributed by atoms with E-state index >= 15 is 0 Å². The molecule has 12 heteroatoms. The van der Waals surface area contributed by atoms with E-state index in [1.54, 1.807) is 19.1 Å². The Morgan fingerprint density at radius 2 is 1.65 bits per heavy atom. The average molecular weight is 496 g/mol. The minimum Gasteiger partial charge on any atom is -0.336 e. The van der Waals surface area contributed by atoms with Crippen molar-refractivity contribution >= 4 is 15.9 Å². The van der Waals surface area contributed by atoms with E-state index in [0.29, 0.717) is 4.68 Å². The third-order valence-corrected chi connectivity index (χ3v) is 7.40. The summed E-state index contributed by atoms with van der Waals surface area (Å²) in [5, 5.41) is 3.81. The summed E-state index contributed by atoms with van der Waals surface area (Å²) in [4.78, 5) is 13.9. The van der Waals surface area contributed by atoms with Crippen molar-refractivity contribution in [2.45, 2.75) is 18.0 Å². The SMILES string of the molecule is Cc1ccc(-n2ncc(C(=O)N3CCN(S(=O)(=O)c4cccc(F)c4)CC3)c2C(F)(F)F)cc1. The van der Waals surface area contributed by atoms with E-state index < -0.39 is 39.2 Å². The Labute approximate surface area is 193 Å². The van der Waals surface area contributed by atoms with Gasteiger partial charge in [0.05, 0.1) is 22.3 Å². The lowest BCUT2D eigenvalue weighted by atomic mass is 10.1. The number of carbonyl (C=O) groups is 1. The van der Waals surface area contributed by atoms with E-state index in [9.17, 15) is 30.8 Å². The molecule has 2 aromatic carbocycles. The van der Waals surface area contributed by atoms with Gasteiger partial charge in [0, 0.05) is 26.2 Å². The fourth-order valence-electron chi connectivity index (χ4n) is 3.74. The second-order valence-corrected chi connectivity index (χ2v) is 9.74. The number of sulfonamides is 1. The summed E-state index contributed by atoms with van der Waals surface area (Å²) in [6.45, 7) is 1.26. The Kier molecular flexibility index (Phi) is 6.21. The van der Waals surface area contributed by atoms with Gasteiger partial charge in [0.1, 0.15) is 5.82 Å². The first-order valence-corrected chi connectivity index (χ1v) is 11.7. The first-order chi connectivity index (χ1) is 16.0. The van der Waals surface area contributed by atoms with Crippen LogP contribution in [0, 0.1) is 12.7 Å². The van der Waals surface area contributed by atoms with Gasteiger partial charge in [-0.3, -0.25) is 4.79 Å². The zero-order valence-corrected chi connectivity index (χ0v) is 18.8. The molecule has 3 aromatic rings. The highest BCUT2D eigenvalue weighted by atomic mass is 32.2. The first-order valence-electron chi connectivity index (χ1n) is 10.3. The van der Waals surface area contributed by atoms with E-state index in [1.165, 1.54) is 24.3 Å². The minimum atomic E-state index is -4.85. The summed E-state index contributed by atoms with van der Waals surface area (Å²) in [5.41, 5.74) is -0.805. The van der Waals surface area contributed by atoms with Crippen LogP contribution in [0.1, 0.15) is 21.6 Å². The largest absolute Gasteiger partial charge is 0.434 e. The number of carbonyl (C=O) groups excluding carboxylic acids is 1. The van der Waals surface area contributed by atoms with Gasteiger partial charge in [0.25, 0.3) is 5.91 Å². The second-order valence-electron chi connectivity index (χ2n) is 7.81. The molecule has 1 aromatic heterocycles. The maximum Gasteiger partial charge on any atom is 0.434 e. The molecule has 0 N–H and O–H groups in total. The summed E-state index contributed by atoms with van der Waals surface area (Å²) in [6.07, 6.45) is -3.98. The zero-order valence-electron chi connectivity index (χ0n) is 18.0. The van der Waals surface area contributed by atoms with E-state index in [-0.39, 0.29) is 36.8 Å². The number of rotatable bonds is 4. The van der Waals surface area contributed by atoms with Crippen molar-refractivity contribution < 1.29 is 30.8 Å². The van der Waals surface area contributed by atoms with E-state index in [2.05, 4.69) is 5.10 Å². The predicted molar refractivity (Wildman–Crippen MR) is 114 cm³/mol. The molecule has 1 saturated heterocycles. The predicted octanol–water partition coefficient (Wildman–Crippen LogP) is 3.49. The third kappa shape index (κ3) is 4.55. The topological polar surface area (TPSA) is 75.5 Å². The van der Waals surface area contributed by atoms with Crippen LogP contribution in [0.4, 0.5) is 17.6 Å². The fourth-order valence-corrected chi connectivity index (χ4v) is 5.19. The number of benzene rings is 2. The molecule has 1 aliphatic heterocycles. The summed E-state index contributed by atoms with van der Waals surface area (Å²) in [5.74, 6) is -1.60. The molecule has 34 heavy (non-hydrogen) atoms. The smallest absolute Gasteiger partial charge is 0.336 e. The molecule has 0 spiro atoms. The standard InChI is InChI=1S/C22H20F4N4O3S/c1-15-5-7-17(8-6-15)30-20(22(24,25)26)19(14-27-30)21(31)28-9-11-29(12-10-28)34(32,33)18-4-2-3-16(23)13-18/h2-8,13-14H,9-12H2,1H3. The molecule has 0 bridgehead atoms. The van der Waals surface area contributed by atoms with Gasteiger partial charge >= 0.3 is 6.18 Å². The molecule has 1 amide bonds. The second kappa shape index (κ2) is 8.84. The number of aromatic nitrogens is 2. The van der Waals surface area contributed by atoms with Gasteiger partial charge in [0.2, 0.25) is 10.0 Å². The molecule has 0 unspecified atom stereocenters. The Morgan fingerprint density at radius 1 is 1.00 bits per heavy atom. The monoisotopic (exact) mass is 496 g/mol. The molecular formula is C22H20F4N4O3S. The summed E-state index contributed by atoms with van der Waals surface area (Å²) < 4.78 is 82.5. The van der Waals surface area contributed by atoms with Crippen LogP contribution in [-0.4, -0.2) is 59.5 Å². The lowest BCUT2D eigenvalue weighted by molar-refractivity contribution is -0.143. The molecule has 1 aliphatic rings. The van der Waals surface area contributed by atoms with Crippen LogP contribution in [0.25, 0.3) is 5.69 Å². The minimum absolute atomic E-state index is 0.125. The summed E-state index contributed by atoms with van der Waals surface area (Å²) in [7, 11) is -4.01. The number of nitrogens with zero attached hydrogens (tertiary/aromatic N) is 4. The highest BCUT2D eigenvalue weighted by Gasteiger charge is 2.42. The van der Waals surface area contributed by atoms with Crippen LogP contribution in [-0.2, 0) is 16.2 Å². The van der Waals surface area contributed by atoms with Gasteiger partial charge in [-0.25, -0.2) is 17.5 Å². The van der Waals surface area contributed by atoms with Gasteiger partial charge in [-0.1, -0.05) is 23.8 Å². The highest BCUT2D eigenvalue weighted by molar-refractivity contribution is 7.89.